The van der Waals surface area contributed by atoms with Gasteiger partial charge in [0, 0.05) is 29.7 Å². The van der Waals surface area contributed by atoms with Crippen molar-refractivity contribution in [2.75, 3.05) is 13.1 Å². The standard InChI is InChI=1S/C15H20N2O/c1-5-17(6-2)15(18)14-11(4)16-12-9-7-8-10(3)13(12)14/h7-9,16H,5-6H2,1-4H3. The zero-order valence-corrected chi connectivity index (χ0v) is 11.5. The minimum atomic E-state index is 0.123. The highest BCUT2D eigenvalue weighted by Crippen LogP contribution is 2.26. The summed E-state index contributed by atoms with van der Waals surface area (Å²) in [6.07, 6.45) is 0. The Kier molecular flexibility index (Phi) is 3.41. The van der Waals surface area contributed by atoms with Crippen molar-refractivity contribution in [3.8, 4) is 0 Å². The van der Waals surface area contributed by atoms with Crippen molar-refractivity contribution in [3.63, 3.8) is 0 Å². The molecule has 1 N–H and O–H groups in total. The molecule has 0 radical (unpaired) electrons. The number of aromatic nitrogens is 1. The molecule has 0 spiro atoms. The highest BCUT2D eigenvalue weighted by Gasteiger charge is 2.20. The van der Waals surface area contributed by atoms with E-state index < -0.39 is 0 Å². The predicted octanol–water partition coefficient (Wildman–Crippen LogP) is 3.27. The Hall–Kier alpha value is -1.77. The van der Waals surface area contributed by atoms with E-state index in [1.54, 1.807) is 0 Å². The summed E-state index contributed by atoms with van der Waals surface area (Å²) in [4.78, 5) is 17.7. The second-order valence-electron chi connectivity index (χ2n) is 4.60. The summed E-state index contributed by atoms with van der Waals surface area (Å²) in [5.74, 6) is 0.123. The number of nitrogens with one attached hydrogen (secondary N) is 1. The van der Waals surface area contributed by atoms with Crippen LogP contribution in [0.15, 0.2) is 18.2 Å². The molecule has 0 saturated heterocycles. The molecule has 0 saturated carbocycles. The molecule has 0 fully saturated rings. The van der Waals surface area contributed by atoms with Gasteiger partial charge >= 0.3 is 0 Å². The first-order valence-electron chi connectivity index (χ1n) is 6.47. The van der Waals surface area contributed by atoms with Gasteiger partial charge in [0.2, 0.25) is 0 Å². The van der Waals surface area contributed by atoms with Gasteiger partial charge in [-0.15, -0.1) is 0 Å². The quantitative estimate of drug-likeness (QED) is 0.883. The highest BCUT2D eigenvalue weighted by atomic mass is 16.2. The van der Waals surface area contributed by atoms with Crippen molar-refractivity contribution in [1.82, 2.24) is 9.88 Å². The molecule has 0 aliphatic carbocycles. The Labute approximate surface area is 108 Å². The fourth-order valence-electron chi connectivity index (χ4n) is 2.49. The summed E-state index contributed by atoms with van der Waals surface area (Å²) >= 11 is 0. The van der Waals surface area contributed by atoms with Crippen LogP contribution in [0.3, 0.4) is 0 Å². The first-order valence-corrected chi connectivity index (χ1v) is 6.47. The van der Waals surface area contributed by atoms with Gasteiger partial charge in [0.25, 0.3) is 5.91 Å². The summed E-state index contributed by atoms with van der Waals surface area (Å²) in [7, 11) is 0. The van der Waals surface area contributed by atoms with Crippen molar-refractivity contribution < 1.29 is 4.79 Å². The van der Waals surface area contributed by atoms with Crippen LogP contribution in [0.4, 0.5) is 0 Å². The third-order valence-corrected chi connectivity index (χ3v) is 3.48. The van der Waals surface area contributed by atoms with E-state index in [4.69, 9.17) is 0 Å². The Morgan fingerprint density at radius 1 is 1.22 bits per heavy atom. The van der Waals surface area contributed by atoms with Crippen molar-refractivity contribution in [3.05, 3.63) is 35.0 Å². The summed E-state index contributed by atoms with van der Waals surface area (Å²) in [6.45, 7) is 9.53. The lowest BCUT2D eigenvalue weighted by atomic mass is 10.0. The zero-order chi connectivity index (χ0) is 13.3. The van der Waals surface area contributed by atoms with Crippen LogP contribution in [-0.4, -0.2) is 28.9 Å². The van der Waals surface area contributed by atoms with Crippen LogP contribution >= 0.6 is 0 Å². The number of nitrogens with zero attached hydrogens (tertiary/aromatic N) is 1. The van der Waals surface area contributed by atoms with Gasteiger partial charge in [-0.3, -0.25) is 4.79 Å². The summed E-state index contributed by atoms with van der Waals surface area (Å²) < 4.78 is 0. The minimum absolute atomic E-state index is 0.123. The molecule has 18 heavy (non-hydrogen) atoms. The Bertz CT molecular complexity index is 579. The van der Waals surface area contributed by atoms with Crippen LogP contribution in [0.5, 0.6) is 0 Å². The molecular weight excluding hydrogens is 224 g/mol. The Balaban J connectivity index is 2.63. The second kappa shape index (κ2) is 4.84. The third kappa shape index (κ3) is 1.90. The van der Waals surface area contributed by atoms with Crippen LogP contribution in [-0.2, 0) is 0 Å². The average molecular weight is 244 g/mol. The van der Waals surface area contributed by atoms with Gasteiger partial charge in [0.05, 0.1) is 5.56 Å². The lowest BCUT2D eigenvalue weighted by Gasteiger charge is -2.19. The molecule has 2 aromatic rings. The fourth-order valence-corrected chi connectivity index (χ4v) is 2.49. The fraction of sp³-hybridized carbons (Fsp3) is 0.400. The van der Waals surface area contributed by atoms with Gasteiger partial charge in [0.15, 0.2) is 0 Å². The number of fused-ring (bicyclic) bond motifs is 1. The van der Waals surface area contributed by atoms with E-state index in [1.165, 1.54) is 0 Å². The molecule has 1 aromatic carbocycles. The number of hydrogen-bond donors (Lipinski definition) is 1. The molecule has 3 nitrogen and oxygen atoms in total. The molecule has 96 valence electrons. The summed E-state index contributed by atoms with van der Waals surface area (Å²) in [6, 6.07) is 6.09. The molecule has 1 amide bonds. The molecule has 3 heteroatoms. The van der Waals surface area contributed by atoms with E-state index in [2.05, 4.69) is 18.0 Å². The molecule has 0 unspecified atom stereocenters. The Morgan fingerprint density at radius 3 is 2.50 bits per heavy atom. The number of benzene rings is 1. The van der Waals surface area contributed by atoms with Crippen LogP contribution < -0.4 is 0 Å². The highest BCUT2D eigenvalue weighted by molar-refractivity contribution is 6.09. The third-order valence-electron chi connectivity index (χ3n) is 3.48. The lowest BCUT2D eigenvalue weighted by Crippen LogP contribution is -2.30. The van der Waals surface area contributed by atoms with E-state index in [0.717, 1.165) is 40.8 Å². The van der Waals surface area contributed by atoms with Crippen molar-refractivity contribution in [2.24, 2.45) is 0 Å². The number of aromatic amines is 1. The predicted molar refractivity (Wildman–Crippen MR) is 75.0 cm³/mol. The number of amides is 1. The van der Waals surface area contributed by atoms with Gasteiger partial charge in [-0.25, -0.2) is 0 Å². The number of aryl methyl sites for hydroxylation is 2. The number of carbonyl (C=O) groups is 1. The maximum atomic E-state index is 12.6. The Morgan fingerprint density at radius 2 is 1.89 bits per heavy atom. The molecule has 1 heterocycles. The van der Waals surface area contributed by atoms with Crippen LogP contribution in [0, 0.1) is 13.8 Å². The van der Waals surface area contributed by atoms with Crippen molar-refractivity contribution in [2.45, 2.75) is 27.7 Å². The van der Waals surface area contributed by atoms with E-state index in [-0.39, 0.29) is 5.91 Å². The van der Waals surface area contributed by atoms with Gasteiger partial charge in [-0.1, -0.05) is 12.1 Å². The molecular formula is C15H20N2O. The molecule has 0 aliphatic heterocycles. The van der Waals surface area contributed by atoms with Crippen molar-refractivity contribution >= 4 is 16.8 Å². The molecule has 1 aromatic heterocycles. The maximum absolute atomic E-state index is 12.6. The van der Waals surface area contributed by atoms with Crippen molar-refractivity contribution in [1.29, 1.82) is 0 Å². The maximum Gasteiger partial charge on any atom is 0.256 e. The molecule has 0 aliphatic rings. The lowest BCUT2D eigenvalue weighted by molar-refractivity contribution is 0.0774. The molecule has 0 bridgehead atoms. The number of H-pyrrole nitrogens is 1. The van der Waals surface area contributed by atoms with Gasteiger partial charge in [-0.2, -0.15) is 0 Å². The first-order chi connectivity index (χ1) is 8.60. The smallest absolute Gasteiger partial charge is 0.256 e. The molecule has 2 rings (SSSR count). The normalized spacial score (nSPS) is 10.9. The van der Waals surface area contributed by atoms with Crippen LogP contribution in [0.1, 0.15) is 35.5 Å². The number of carbonyl (C=O) groups excluding carboxylic acids is 1. The largest absolute Gasteiger partial charge is 0.358 e. The second-order valence-corrected chi connectivity index (χ2v) is 4.60. The van der Waals surface area contributed by atoms with E-state index in [0.29, 0.717) is 0 Å². The monoisotopic (exact) mass is 244 g/mol. The van der Waals surface area contributed by atoms with Crippen LogP contribution in [0.25, 0.3) is 10.9 Å². The van der Waals surface area contributed by atoms with E-state index >= 15 is 0 Å². The van der Waals surface area contributed by atoms with E-state index in [9.17, 15) is 4.79 Å². The summed E-state index contributed by atoms with van der Waals surface area (Å²) in [5, 5.41) is 1.06. The first kappa shape index (κ1) is 12.7. The minimum Gasteiger partial charge on any atom is -0.358 e. The number of hydrogen-bond acceptors (Lipinski definition) is 1. The molecule has 0 atom stereocenters. The van der Waals surface area contributed by atoms with Gasteiger partial charge < -0.3 is 9.88 Å². The SMILES string of the molecule is CCN(CC)C(=O)c1c(C)[nH]c2cccc(C)c12. The van der Waals surface area contributed by atoms with Gasteiger partial charge in [-0.05, 0) is 39.3 Å². The zero-order valence-electron chi connectivity index (χ0n) is 11.5. The summed E-state index contributed by atoms with van der Waals surface area (Å²) in [5.41, 5.74) is 3.97. The average Bonchev–Trinajstić information content (AvgIpc) is 2.68. The number of rotatable bonds is 3. The topological polar surface area (TPSA) is 36.1 Å². The van der Waals surface area contributed by atoms with Gasteiger partial charge in [0.1, 0.15) is 0 Å². The van der Waals surface area contributed by atoms with E-state index in [1.807, 2.05) is 37.8 Å². The van der Waals surface area contributed by atoms with Crippen LogP contribution in [0.2, 0.25) is 0 Å².